The summed E-state index contributed by atoms with van der Waals surface area (Å²) in [5.41, 5.74) is 2.86. The fraction of sp³-hybridized carbons (Fsp3) is 0.308. The van der Waals surface area contributed by atoms with Crippen molar-refractivity contribution in [2.75, 3.05) is 0 Å². The molecule has 0 fully saturated rings. The first-order valence-corrected chi connectivity index (χ1v) is 6.57. The van der Waals surface area contributed by atoms with E-state index >= 15 is 0 Å². The molecule has 0 aliphatic heterocycles. The van der Waals surface area contributed by atoms with Crippen molar-refractivity contribution in [3.8, 4) is 0 Å². The van der Waals surface area contributed by atoms with Gasteiger partial charge < -0.3 is 9.40 Å². The van der Waals surface area contributed by atoms with Crippen molar-refractivity contribution in [1.82, 2.24) is 19.5 Å². The first-order chi connectivity index (χ1) is 9.17. The lowest BCUT2D eigenvalue weighted by Crippen LogP contribution is -2.01. The molecule has 3 aromatic rings. The molecule has 0 saturated carbocycles. The highest BCUT2D eigenvalue weighted by atomic mass is 32.1. The van der Waals surface area contributed by atoms with E-state index in [1.165, 1.54) is 0 Å². The van der Waals surface area contributed by atoms with E-state index in [2.05, 4.69) is 15.0 Å². The number of imidazole rings is 1. The van der Waals surface area contributed by atoms with Crippen molar-refractivity contribution in [2.45, 2.75) is 26.8 Å². The summed E-state index contributed by atoms with van der Waals surface area (Å²) in [6, 6.07) is 2.03. The van der Waals surface area contributed by atoms with Gasteiger partial charge in [-0.15, -0.1) is 0 Å². The first kappa shape index (κ1) is 12.1. The summed E-state index contributed by atoms with van der Waals surface area (Å²) >= 11 is 5.33. The summed E-state index contributed by atoms with van der Waals surface area (Å²) in [6.45, 7) is 4.53. The summed E-state index contributed by atoms with van der Waals surface area (Å²) < 4.78 is 8.14. The summed E-state index contributed by atoms with van der Waals surface area (Å²) in [4.78, 5) is 11.8. The molecule has 0 aliphatic rings. The van der Waals surface area contributed by atoms with E-state index in [-0.39, 0.29) is 0 Å². The van der Waals surface area contributed by atoms with Crippen molar-refractivity contribution < 1.29 is 4.42 Å². The molecule has 6 heteroatoms. The van der Waals surface area contributed by atoms with Crippen LogP contribution in [0.15, 0.2) is 22.9 Å². The van der Waals surface area contributed by atoms with Crippen LogP contribution < -0.4 is 0 Å². The molecule has 0 radical (unpaired) electrons. The number of aromatic nitrogens is 4. The number of rotatable bonds is 3. The Hall–Kier alpha value is -1.95. The molecule has 0 atom stereocenters. The molecule has 0 spiro atoms. The van der Waals surface area contributed by atoms with Gasteiger partial charge in [0, 0.05) is 12.6 Å². The van der Waals surface area contributed by atoms with E-state index in [4.69, 9.17) is 16.6 Å². The molecule has 19 heavy (non-hydrogen) atoms. The lowest BCUT2D eigenvalue weighted by atomic mass is 10.3. The lowest BCUT2D eigenvalue weighted by molar-refractivity contribution is 0.447. The fourth-order valence-corrected chi connectivity index (χ4v) is 2.28. The van der Waals surface area contributed by atoms with Crippen molar-refractivity contribution in [3.05, 3.63) is 40.4 Å². The van der Waals surface area contributed by atoms with Gasteiger partial charge in [-0.3, -0.25) is 4.57 Å². The minimum Gasteiger partial charge on any atom is -0.444 e. The first-order valence-electron chi connectivity index (χ1n) is 6.16. The Bertz CT molecular complexity index is 783. The zero-order chi connectivity index (χ0) is 13.4. The minimum absolute atomic E-state index is 0.495. The standard InChI is InChI=1S/C13H14N4OS/c1-3-9-6-14-11(18-9)7-17-12-10(16-13(17)19)4-8(2)5-15-12/h4-6H,3,7H2,1-2H3,(H,16,19). The average Bonchev–Trinajstić information content (AvgIpc) is 2.95. The van der Waals surface area contributed by atoms with Crippen molar-refractivity contribution in [3.63, 3.8) is 0 Å². The van der Waals surface area contributed by atoms with Gasteiger partial charge in [-0.1, -0.05) is 6.92 Å². The number of H-pyrrole nitrogens is 1. The van der Waals surface area contributed by atoms with Crippen LogP contribution in [0.25, 0.3) is 11.2 Å². The molecule has 0 bridgehead atoms. The van der Waals surface area contributed by atoms with Crippen LogP contribution in [0.2, 0.25) is 0 Å². The Labute approximate surface area is 115 Å². The van der Waals surface area contributed by atoms with Gasteiger partial charge in [0.2, 0.25) is 5.89 Å². The van der Waals surface area contributed by atoms with Gasteiger partial charge in [0.1, 0.15) is 12.3 Å². The molecule has 3 rings (SSSR count). The number of nitrogens with one attached hydrogen (secondary N) is 1. The van der Waals surface area contributed by atoms with Crippen molar-refractivity contribution in [1.29, 1.82) is 0 Å². The molecule has 1 N–H and O–H groups in total. The van der Waals surface area contributed by atoms with Crippen LogP contribution in [0.3, 0.4) is 0 Å². The Morgan fingerprint density at radius 3 is 2.95 bits per heavy atom. The largest absolute Gasteiger partial charge is 0.444 e. The summed E-state index contributed by atoms with van der Waals surface area (Å²) in [6.07, 6.45) is 4.42. The second-order valence-electron chi connectivity index (χ2n) is 4.47. The number of hydrogen-bond acceptors (Lipinski definition) is 4. The zero-order valence-corrected chi connectivity index (χ0v) is 11.6. The number of fused-ring (bicyclic) bond motifs is 1. The molecule has 5 nitrogen and oxygen atoms in total. The predicted molar refractivity (Wildman–Crippen MR) is 74.6 cm³/mol. The van der Waals surface area contributed by atoms with Gasteiger partial charge in [-0.25, -0.2) is 9.97 Å². The number of aromatic amines is 1. The Morgan fingerprint density at radius 2 is 2.21 bits per heavy atom. The smallest absolute Gasteiger partial charge is 0.214 e. The molecule has 0 unspecified atom stereocenters. The summed E-state index contributed by atoms with van der Waals surface area (Å²) in [5.74, 6) is 1.53. The van der Waals surface area contributed by atoms with Crippen molar-refractivity contribution in [2.24, 2.45) is 0 Å². The Kier molecular flexibility index (Phi) is 2.94. The number of pyridine rings is 1. The molecule has 3 heterocycles. The molecule has 98 valence electrons. The maximum atomic E-state index is 5.61. The molecule has 3 aromatic heterocycles. The van der Waals surface area contributed by atoms with Crippen LogP contribution in [0.1, 0.15) is 24.1 Å². The zero-order valence-electron chi connectivity index (χ0n) is 10.8. The van der Waals surface area contributed by atoms with E-state index in [0.717, 1.165) is 28.9 Å². The summed E-state index contributed by atoms with van der Waals surface area (Å²) in [7, 11) is 0. The van der Waals surface area contributed by atoms with Crippen LogP contribution in [0.5, 0.6) is 0 Å². The van der Waals surface area contributed by atoms with Gasteiger partial charge in [-0.2, -0.15) is 0 Å². The van der Waals surface area contributed by atoms with Gasteiger partial charge in [0.25, 0.3) is 0 Å². The SMILES string of the molecule is CCc1cnc(Cn2c(=S)[nH]c3cc(C)cnc32)o1. The topological polar surface area (TPSA) is 59.6 Å². The van der Waals surface area contributed by atoms with E-state index in [9.17, 15) is 0 Å². The number of hydrogen-bond donors (Lipinski definition) is 1. The maximum Gasteiger partial charge on any atom is 0.214 e. The van der Waals surface area contributed by atoms with Crippen LogP contribution in [-0.2, 0) is 13.0 Å². The molecular formula is C13H14N4OS. The van der Waals surface area contributed by atoms with Crippen LogP contribution >= 0.6 is 12.2 Å². The van der Waals surface area contributed by atoms with Crippen LogP contribution in [0, 0.1) is 11.7 Å². The van der Waals surface area contributed by atoms with Gasteiger partial charge >= 0.3 is 0 Å². The van der Waals surface area contributed by atoms with E-state index in [0.29, 0.717) is 17.2 Å². The molecule has 0 aliphatic carbocycles. The highest BCUT2D eigenvalue weighted by Gasteiger charge is 2.09. The number of aryl methyl sites for hydroxylation is 2. The fourth-order valence-electron chi connectivity index (χ4n) is 2.01. The third-order valence-electron chi connectivity index (χ3n) is 2.99. The number of nitrogens with zero attached hydrogens (tertiary/aromatic N) is 3. The predicted octanol–water partition coefficient (Wildman–Crippen LogP) is 3.00. The van der Waals surface area contributed by atoms with E-state index in [1.54, 1.807) is 6.20 Å². The second kappa shape index (κ2) is 4.62. The Morgan fingerprint density at radius 1 is 1.37 bits per heavy atom. The molecule has 0 aromatic carbocycles. The number of oxazole rings is 1. The van der Waals surface area contributed by atoms with Crippen LogP contribution in [-0.4, -0.2) is 19.5 Å². The third-order valence-corrected chi connectivity index (χ3v) is 3.31. The Balaban J connectivity index is 2.05. The van der Waals surface area contributed by atoms with E-state index < -0.39 is 0 Å². The maximum absolute atomic E-state index is 5.61. The van der Waals surface area contributed by atoms with Crippen LogP contribution in [0.4, 0.5) is 0 Å². The highest BCUT2D eigenvalue weighted by Crippen LogP contribution is 2.15. The highest BCUT2D eigenvalue weighted by molar-refractivity contribution is 7.71. The van der Waals surface area contributed by atoms with Gasteiger partial charge in [0.15, 0.2) is 10.4 Å². The summed E-state index contributed by atoms with van der Waals surface area (Å²) in [5, 5.41) is 0. The second-order valence-corrected chi connectivity index (χ2v) is 4.86. The molecule has 0 amide bonds. The third kappa shape index (κ3) is 2.19. The average molecular weight is 274 g/mol. The van der Waals surface area contributed by atoms with Gasteiger partial charge in [0.05, 0.1) is 11.7 Å². The van der Waals surface area contributed by atoms with E-state index in [1.807, 2.05) is 30.7 Å². The quantitative estimate of drug-likeness (QED) is 0.746. The molecule has 0 saturated heterocycles. The minimum atomic E-state index is 0.495. The lowest BCUT2D eigenvalue weighted by Gasteiger charge is -2.00. The van der Waals surface area contributed by atoms with Gasteiger partial charge in [-0.05, 0) is 30.8 Å². The van der Waals surface area contributed by atoms with Crippen molar-refractivity contribution >= 4 is 23.4 Å². The normalized spacial score (nSPS) is 11.3. The molecular weight excluding hydrogens is 260 g/mol. The monoisotopic (exact) mass is 274 g/mol.